The van der Waals surface area contributed by atoms with Crippen molar-refractivity contribution in [3.63, 3.8) is 0 Å². The number of benzene rings is 1. The van der Waals surface area contributed by atoms with Gasteiger partial charge in [0.05, 0.1) is 22.8 Å². The van der Waals surface area contributed by atoms with Gasteiger partial charge in [-0.25, -0.2) is 15.0 Å². The van der Waals surface area contributed by atoms with Crippen LogP contribution in [0.2, 0.25) is 0 Å². The van der Waals surface area contributed by atoms with E-state index in [0.29, 0.717) is 12.4 Å². The van der Waals surface area contributed by atoms with E-state index in [9.17, 15) is 0 Å². The summed E-state index contributed by atoms with van der Waals surface area (Å²) >= 11 is 1.67. The Morgan fingerprint density at radius 2 is 1.92 bits per heavy atom. The highest BCUT2D eigenvalue weighted by Crippen LogP contribution is 2.27. The fourth-order valence-electron chi connectivity index (χ4n) is 2.77. The normalized spacial score (nSPS) is 11.0. The third kappa shape index (κ3) is 3.21. The number of hydrogen-bond acceptors (Lipinski definition) is 6. The lowest BCUT2D eigenvalue weighted by Gasteiger charge is -2.19. The SMILES string of the molecule is Cc1nc(CN(C)c2nc(-c3cccnc3)nc3ccccc23)cs1. The Morgan fingerprint density at radius 3 is 2.68 bits per heavy atom. The van der Waals surface area contributed by atoms with E-state index >= 15 is 0 Å². The second-order valence-electron chi connectivity index (χ2n) is 5.84. The quantitative estimate of drug-likeness (QED) is 0.556. The van der Waals surface area contributed by atoms with Crippen molar-refractivity contribution >= 4 is 28.1 Å². The third-order valence-corrected chi connectivity index (χ3v) is 4.75. The zero-order valence-corrected chi connectivity index (χ0v) is 14.9. The van der Waals surface area contributed by atoms with Gasteiger partial charge in [-0.1, -0.05) is 12.1 Å². The minimum Gasteiger partial charge on any atom is -0.353 e. The first-order chi connectivity index (χ1) is 12.2. The van der Waals surface area contributed by atoms with Gasteiger partial charge in [-0.2, -0.15) is 0 Å². The smallest absolute Gasteiger partial charge is 0.163 e. The zero-order valence-electron chi connectivity index (χ0n) is 14.0. The maximum absolute atomic E-state index is 4.82. The Morgan fingerprint density at radius 1 is 1.04 bits per heavy atom. The second kappa shape index (κ2) is 6.57. The lowest BCUT2D eigenvalue weighted by Crippen LogP contribution is -2.19. The number of aromatic nitrogens is 4. The summed E-state index contributed by atoms with van der Waals surface area (Å²) in [5, 5.41) is 4.20. The van der Waals surface area contributed by atoms with Gasteiger partial charge in [0.2, 0.25) is 0 Å². The second-order valence-corrected chi connectivity index (χ2v) is 6.91. The first kappa shape index (κ1) is 15.7. The number of pyridine rings is 1. The number of para-hydroxylation sites is 1. The molecule has 5 nitrogen and oxygen atoms in total. The van der Waals surface area contributed by atoms with Gasteiger partial charge in [-0.05, 0) is 31.2 Å². The van der Waals surface area contributed by atoms with Gasteiger partial charge in [0, 0.05) is 35.8 Å². The molecule has 3 aromatic heterocycles. The van der Waals surface area contributed by atoms with Crippen LogP contribution in [0.25, 0.3) is 22.3 Å². The molecule has 4 rings (SSSR count). The molecule has 0 aliphatic carbocycles. The van der Waals surface area contributed by atoms with E-state index in [4.69, 9.17) is 9.97 Å². The molecule has 4 aromatic rings. The Hall–Kier alpha value is -2.86. The van der Waals surface area contributed by atoms with Crippen molar-refractivity contribution < 1.29 is 0 Å². The molecule has 0 spiro atoms. The molecule has 0 fully saturated rings. The van der Waals surface area contributed by atoms with Crippen LogP contribution in [0.15, 0.2) is 54.2 Å². The largest absolute Gasteiger partial charge is 0.353 e. The summed E-state index contributed by atoms with van der Waals surface area (Å²) in [7, 11) is 2.04. The van der Waals surface area contributed by atoms with Gasteiger partial charge in [0.1, 0.15) is 5.82 Å². The van der Waals surface area contributed by atoms with Crippen LogP contribution in [-0.4, -0.2) is 27.0 Å². The van der Waals surface area contributed by atoms with E-state index < -0.39 is 0 Å². The number of hydrogen-bond donors (Lipinski definition) is 0. The molecule has 0 bridgehead atoms. The van der Waals surface area contributed by atoms with Crippen LogP contribution in [0, 0.1) is 6.92 Å². The van der Waals surface area contributed by atoms with Crippen molar-refractivity contribution in [2.75, 3.05) is 11.9 Å². The summed E-state index contributed by atoms with van der Waals surface area (Å²) in [6, 6.07) is 12.0. The van der Waals surface area contributed by atoms with Crippen molar-refractivity contribution in [1.29, 1.82) is 0 Å². The molecule has 0 unspecified atom stereocenters. The van der Waals surface area contributed by atoms with Gasteiger partial charge < -0.3 is 4.90 Å². The highest BCUT2D eigenvalue weighted by Gasteiger charge is 2.14. The first-order valence-corrected chi connectivity index (χ1v) is 8.88. The Bertz CT molecular complexity index is 1010. The fraction of sp³-hybridized carbons (Fsp3) is 0.158. The lowest BCUT2D eigenvalue weighted by atomic mass is 10.2. The fourth-order valence-corrected chi connectivity index (χ4v) is 3.38. The van der Waals surface area contributed by atoms with Gasteiger partial charge in [0.15, 0.2) is 5.82 Å². The van der Waals surface area contributed by atoms with Crippen LogP contribution >= 0.6 is 11.3 Å². The highest BCUT2D eigenvalue weighted by molar-refractivity contribution is 7.09. The molecule has 0 aliphatic heterocycles. The first-order valence-electron chi connectivity index (χ1n) is 8.00. The summed E-state index contributed by atoms with van der Waals surface area (Å²) in [6.07, 6.45) is 3.54. The van der Waals surface area contributed by atoms with Crippen molar-refractivity contribution in [3.8, 4) is 11.4 Å². The summed E-state index contributed by atoms with van der Waals surface area (Å²) in [5.74, 6) is 1.58. The highest BCUT2D eigenvalue weighted by atomic mass is 32.1. The molecule has 0 radical (unpaired) electrons. The van der Waals surface area contributed by atoms with Crippen LogP contribution in [0.1, 0.15) is 10.7 Å². The summed E-state index contributed by atoms with van der Waals surface area (Å²) in [6.45, 7) is 2.73. The maximum Gasteiger partial charge on any atom is 0.163 e. The predicted octanol–water partition coefficient (Wildman–Crippen LogP) is 4.09. The van der Waals surface area contributed by atoms with E-state index in [2.05, 4.69) is 26.3 Å². The average molecular weight is 347 g/mol. The minimum absolute atomic E-state index is 0.683. The van der Waals surface area contributed by atoms with E-state index in [1.165, 1.54) is 0 Å². The molecular weight excluding hydrogens is 330 g/mol. The topological polar surface area (TPSA) is 54.8 Å². The van der Waals surface area contributed by atoms with Gasteiger partial charge >= 0.3 is 0 Å². The Kier molecular flexibility index (Phi) is 4.11. The summed E-state index contributed by atoms with van der Waals surface area (Å²) < 4.78 is 0. The molecule has 0 atom stereocenters. The standard InChI is InChI=1S/C19H17N5S/c1-13-21-15(12-25-13)11-24(2)19-16-7-3-4-8-17(16)22-18(23-19)14-6-5-9-20-10-14/h3-10,12H,11H2,1-2H3. The van der Waals surface area contributed by atoms with E-state index in [0.717, 1.165) is 33.0 Å². The van der Waals surface area contributed by atoms with Gasteiger partial charge in [-0.3, -0.25) is 4.98 Å². The number of aryl methyl sites for hydroxylation is 1. The van der Waals surface area contributed by atoms with Gasteiger partial charge in [-0.15, -0.1) is 11.3 Å². The molecule has 3 heterocycles. The monoisotopic (exact) mass is 347 g/mol. The van der Waals surface area contributed by atoms with Crippen LogP contribution in [0.3, 0.4) is 0 Å². The maximum atomic E-state index is 4.82. The average Bonchev–Trinajstić information content (AvgIpc) is 3.06. The van der Waals surface area contributed by atoms with Crippen molar-refractivity contribution in [2.24, 2.45) is 0 Å². The zero-order chi connectivity index (χ0) is 17.2. The molecule has 124 valence electrons. The van der Waals surface area contributed by atoms with Gasteiger partial charge in [0.25, 0.3) is 0 Å². The molecule has 0 saturated heterocycles. The molecule has 0 saturated carbocycles. The molecular formula is C19H17N5S. The van der Waals surface area contributed by atoms with Crippen LogP contribution < -0.4 is 4.90 Å². The van der Waals surface area contributed by atoms with E-state index in [1.807, 2.05) is 44.3 Å². The van der Waals surface area contributed by atoms with Crippen LogP contribution in [0.5, 0.6) is 0 Å². The van der Waals surface area contributed by atoms with Crippen LogP contribution in [0.4, 0.5) is 5.82 Å². The molecule has 25 heavy (non-hydrogen) atoms. The molecule has 0 aliphatic rings. The summed E-state index contributed by atoms with van der Waals surface area (Å²) in [5.41, 5.74) is 2.88. The Balaban J connectivity index is 1.80. The molecule has 0 N–H and O–H groups in total. The predicted molar refractivity (Wildman–Crippen MR) is 102 cm³/mol. The van der Waals surface area contributed by atoms with Crippen molar-refractivity contribution in [2.45, 2.75) is 13.5 Å². The molecule has 1 aromatic carbocycles. The van der Waals surface area contributed by atoms with E-state index in [-0.39, 0.29) is 0 Å². The number of thiazole rings is 1. The lowest BCUT2D eigenvalue weighted by molar-refractivity contribution is 0.873. The number of fused-ring (bicyclic) bond motifs is 1. The summed E-state index contributed by atoms with van der Waals surface area (Å²) in [4.78, 5) is 20.4. The van der Waals surface area contributed by atoms with Crippen LogP contribution in [-0.2, 0) is 6.54 Å². The molecule has 0 amide bonds. The van der Waals surface area contributed by atoms with Crippen molar-refractivity contribution in [1.82, 2.24) is 19.9 Å². The Labute approximate surface area is 150 Å². The number of nitrogens with zero attached hydrogens (tertiary/aromatic N) is 5. The number of rotatable bonds is 4. The third-order valence-electron chi connectivity index (χ3n) is 3.93. The molecule has 6 heteroatoms. The van der Waals surface area contributed by atoms with E-state index in [1.54, 1.807) is 23.7 Å². The van der Waals surface area contributed by atoms with Crippen molar-refractivity contribution in [3.05, 3.63) is 64.9 Å². The number of anilines is 1. The minimum atomic E-state index is 0.683.